The van der Waals surface area contributed by atoms with Crippen molar-refractivity contribution in [1.82, 2.24) is 0 Å². The molecule has 0 saturated heterocycles. The molecule has 12 heavy (non-hydrogen) atoms. The Balaban J connectivity index is 2.35. The van der Waals surface area contributed by atoms with Crippen LogP contribution < -0.4 is 5.73 Å². The predicted molar refractivity (Wildman–Crippen MR) is 49.7 cm³/mol. The molecular weight excluding hydrogens is 150 g/mol. The SMILES string of the molecule is CC(C)C(CN)C(=O)CC1CC1. The van der Waals surface area contributed by atoms with Gasteiger partial charge in [-0.3, -0.25) is 4.79 Å². The molecule has 0 aromatic heterocycles. The number of Topliss-reactive ketones (excluding diaryl/α,β-unsaturated/α-hetero) is 1. The molecule has 0 bridgehead atoms. The summed E-state index contributed by atoms with van der Waals surface area (Å²) in [7, 11) is 0. The third kappa shape index (κ3) is 2.59. The summed E-state index contributed by atoms with van der Waals surface area (Å²) in [5.41, 5.74) is 5.55. The van der Waals surface area contributed by atoms with Gasteiger partial charge in [0.2, 0.25) is 0 Å². The van der Waals surface area contributed by atoms with Crippen LogP contribution in [0, 0.1) is 17.8 Å². The van der Waals surface area contributed by atoms with Crippen molar-refractivity contribution in [3.63, 3.8) is 0 Å². The Morgan fingerprint density at radius 2 is 2.08 bits per heavy atom. The minimum Gasteiger partial charge on any atom is -0.330 e. The third-order valence-electron chi connectivity index (χ3n) is 2.66. The molecule has 2 nitrogen and oxygen atoms in total. The maximum Gasteiger partial charge on any atom is 0.137 e. The summed E-state index contributed by atoms with van der Waals surface area (Å²) in [4.78, 5) is 11.6. The highest BCUT2D eigenvalue weighted by atomic mass is 16.1. The van der Waals surface area contributed by atoms with E-state index in [1.165, 1.54) is 12.8 Å². The quantitative estimate of drug-likeness (QED) is 0.679. The second-order valence-corrected chi connectivity index (χ2v) is 4.20. The van der Waals surface area contributed by atoms with Crippen LogP contribution in [0.3, 0.4) is 0 Å². The number of nitrogens with two attached hydrogens (primary N) is 1. The van der Waals surface area contributed by atoms with Gasteiger partial charge in [0.05, 0.1) is 0 Å². The molecule has 2 N–H and O–H groups in total. The van der Waals surface area contributed by atoms with E-state index in [-0.39, 0.29) is 5.92 Å². The van der Waals surface area contributed by atoms with Crippen molar-refractivity contribution in [2.75, 3.05) is 6.54 Å². The summed E-state index contributed by atoms with van der Waals surface area (Å²) in [6.45, 7) is 4.66. The fraction of sp³-hybridized carbons (Fsp3) is 0.900. The maximum atomic E-state index is 11.6. The lowest BCUT2D eigenvalue weighted by atomic mass is 9.89. The van der Waals surface area contributed by atoms with E-state index in [0.717, 1.165) is 6.42 Å². The molecule has 1 saturated carbocycles. The van der Waals surface area contributed by atoms with Crippen LogP contribution in [-0.2, 0) is 4.79 Å². The van der Waals surface area contributed by atoms with Gasteiger partial charge in [-0.15, -0.1) is 0 Å². The first-order chi connectivity index (χ1) is 5.65. The summed E-state index contributed by atoms with van der Waals surface area (Å²) >= 11 is 0. The minimum absolute atomic E-state index is 0.102. The molecule has 1 rings (SSSR count). The first-order valence-corrected chi connectivity index (χ1v) is 4.88. The molecule has 1 fully saturated rings. The van der Waals surface area contributed by atoms with Crippen molar-refractivity contribution in [3.8, 4) is 0 Å². The van der Waals surface area contributed by atoms with Crippen molar-refractivity contribution >= 4 is 5.78 Å². The largest absolute Gasteiger partial charge is 0.330 e. The van der Waals surface area contributed by atoms with Gasteiger partial charge in [-0.25, -0.2) is 0 Å². The smallest absolute Gasteiger partial charge is 0.137 e. The number of carbonyl (C=O) groups is 1. The molecular formula is C10H19NO. The summed E-state index contributed by atoms with van der Waals surface area (Å²) in [5, 5.41) is 0. The highest BCUT2D eigenvalue weighted by Crippen LogP contribution is 2.34. The fourth-order valence-electron chi connectivity index (χ4n) is 1.53. The van der Waals surface area contributed by atoms with Gasteiger partial charge in [0.15, 0.2) is 0 Å². The number of hydrogen-bond donors (Lipinski definition) is 1. The topological polar surface area (TPSA) is 43.1 Å². The van der Waals surface area contributed by atoms with Gasteiger partial charge in [-0.1, -0.05) is 13.8 Å². The van der Waals surface area contributed by atoms with Crippen LogP contribution in [0.1, 0.15) is 33.1 Å². The van der Waals surface area contributed by atoms with E-state index in [9.17, 15) is 4.79 Å². The van der Waals surface area contributed by atoms with E-state index in [0.29, 0.717) is 24.2 Å². The van der Waals surface area contributed by atoms with Gasteiger partial charge in [-0.05, 0) is 24.7 Å². The lowest BCUT2D eigenvalue weighted by Crippen LogP contribution is -2.28. The van der Waals surface area contributed by atoms with Crippen LogP contribution in [-0.4, -0.2) is 12.3 Å². The molecule has 1 atom stereocenters. The van der Waals surface area contributed by atoms with E-state index in [4.69, 9.17) is 5.73 Å². The van der Waals surface area contributed by atoms with Crippen LogP contribution in [0.4, 0.5) is 0 Å². The Hall–Kier alpha value is -0.370. The second-order valence-electron chi connectivity index (χ2n) is 4.20. The summed E-state index contributed by atoms with van der Waals surface area (Å²) < 4.78 is 0. The summed E-state index contributed by atoms with van der Waals surface area (Å²) in [6.07, 6.45) is 3.28. The van der Waals surface area contributed by atoms with Crippen molar-refractivity contribution < 1.29 is 4.79 Å². The lowest BCUT2D eigenvalue weighted by Gasteiger charge is -2.16. The summed E-state index contributed by atoms with van der Waals surface area (Å²) in [5.74, 6) is 1.59. The van der Waals surface area contributed by atoms with E-state index in [1.807, 2.05) is 0 Å². The van der Waals surface area contributed by atoms with Gasteiger partial charge in [0.1, 0.15) is 5.78 Å². The van der Waals surface area contributed by atoms with Crippen molar-refractivity contribution in [2.24, 2.45) is 23.5 Å². The van der Waals surface area contributed by atoms with E-state index in [2.05, 4.69) is 13.8 Å². The maximum absolute atomic E-state index is 11.6. The van der Waals surface area contributed by atoms with Crippen LogP contribution in [0.5, 0.6) is 0 Å². The molecule has 0 radical (unpaired) electrons. The van der Waals surface area contributed by atoms with Crippen molar-refractivity contribution in [3.05, 3.63) is 0 Å². The monoisotopic (exact) mass is 169 g/mol. The zero-order chi connectivity index (χ0) is 9.14. The highest BCUT2D eigenvalue weighted by Gasteiger charge is 2.28. The van der Waals surface area contributed by atoms with Crippen molar-refractivity contribution in [1.29, 1.82) is 0 Å². The normalized spacial score (nSPS) is 19.7. The zero-order valence-electron chi connectivity index (χ0n) is 8.05. The molecule has 0 amide bonds. The van der Waals surface area contributed by atoms with Gasteiger partial charge < -0.3 is 5.73 Å². The Morgan fingerprint density at radius 3 is 2.42 bits per heavy atom. The molecule has 70 valence electrons. The van der Waals surface area contributed by atoms with Crippen LogP contribution >= 0.6 is 0 Å². The molecule has 0 aromatic rings. The lowest BCUT2D eigenvalue weighted by molar-refractivity contribution is -0.124. The zero-order valence-corrected chi connectivity index (χ0v) is 8.05. The molecule has 0 aliphatic heterocycles. The van der Waals surface area contributed by atoms with Gasteiger partial charge >= 0.3 is 0 Å². The van der Waals surface area contributed by atoms with Crippen molar-refractivity contribution in [2.45, 2.75) is 33.1 Å². The molecule has 1 aliphatic carbocycles. The Bertz CT molecular complexity index is 161. The second kappa shape index (κ2) is 4.04. The van der Waals surface area contributed by atoms with Gasteiger partial charge in [-0.2, -0.15) is 0 Å². The van der Waals surface area contributed by atoms with E-state index in [1.54, 1.807) is 0 Å². The van der Waals surface area contributed by atoms with E-state index < -0.39 is 0 Å². The molecule has 2 heteroatoms. The van der Waals surface area contributed by atoms with Gasteiger partial charge in [0, 0.05) is 18.9 Å². The van der Waals surface area contributed by atoms with Crippen LogP contribution in [0.2, 0.25) is 0 Å². The first kappa shape index (κ1) is 9.72. The average Bonchev–Trinajstić information content (AvgIpc) is 2.71. The van der Waals surface area contributed by atoms with E-state index >= 15 is 0 Å². The Kier molecular flexibility index (Phi) is 3.27. The molecule has 1 aliphatic rings. The Labute approximate surface area is 74.5 Å². The minimum atomic E-state index is 0.102. The summed E-state index contributed by atoms with van der Waals surface area (Å²) in [6, 6.07) is 0. The molecule has 1 unspecified atom stereocenters. The predicted octanol–water partition coefficient (Wildman–Crippen LogP) is 1.59. The molecule has 0 aromatic carbocycles. The number of ketones is 1. The molecule has 0 spiro atoms. The highest BCUT2D eigenvalue weighted by molar-refractivity contribution is 5.81. The third-order valence-corrected chi connectivity index (χ3v) is 2.66. The van der Waals surface area contributed by atoms with Crippen LogP contribution in [0.25, 0.3) is 0 Å². The average molecular weight is 169 g/mol. The number of rotatable bonds is 5. The fourth-order valence-corrected chi connectivity index (χ4v) is 1.53. The first-order valence-electron chi connectivity index (χ1n) is 4.88. The molecule has 0 heterocycles. The van der Waals surface area contributed by atoms with Gasteiger partial charge in [0.25, 0.3) is 0 Å². The standard InChI is InChI=1S/C10H19NO/c1-7(2)9(6-11)10(12)5-8-3-4-8/h7-9H,3-6,11H2,1-2H3. The Morgan fingerprint density at radius 1 is 1.50 bits per heavy atom. The number of hydrogen-bond acceptors (Lipinski definition) is 2. The number of carbonyl (C=O) groups excluding carboxylic acids is 1. The van der Waals surface area contributed by atoms with Crippen LogP contribution in [0.15, 0.2) is 0 Å².